The third kappa shape index (κ3) is 4.62. The molecule has 10 heteroatoms. The molecule has 1 saturated carbocycles. The minimum Gasteiger partial charge on any atom is -0.349 e. The summed E-state index contributed by atoms with van der Waals surface area (Å²) in [5.74, 6) is -0.525. The predicted molar refractivity (Wildman–Crippen MR) is 146 cm³/mol. The Labute approximate surface area is 219 Å². The lowest BCUT2D eigenvalue weighted by Crippen LogP contribution is -2.33. The first-order chi connectivity index (χ1) is 18.3. The second-order valence-electron chi connectivity index (χ2n) is 10.1. The molecule has 1 fully saturated rings. The van der Waals surface area contributed by atoms with E-state index in [4.69, 9.17) is 0 Å². The predicted octanol–water partition coefficient (Wildman–Crippen LogP) is 3.27. The molecule has 10 nitrogen and oxygen atoms in total. The molecule has 0 bridgehead atoms. The largest absolute Gasteiger partial charge is 0.352 e. The quantitative estimate of drug-likeness (QED) is 0.391. The van der Waals surface area contributed by atoms with Crippen LogP contribution in [0.5, 0.6) is 0 Å². The van der Waals surface area contributed by atoms with Gasteiger partial charge in [-0.2, -0.15) is 0 Å². The normalized spacial score (nSPS) is 14.0. The first-order valence-corrected chi connectivity index (χ1v) is 13.1. The number of aryl methyl sites for hydroxylation is 1. The lowest BCUT2D eigenvalue weighted by molar-refractivity contribution is -0.117. The van der Waals surface area contributed by atoms with Gasteiger partial charge in [0.05, 0.1) is 10.9 Å². The Morgan fingerprint density at radius 2 is 1.82 bits per heavy atom. The van der Waals surface area contributed by atoms with E-state index in [0.717, 1.165) is 42.3 Å². The maximum absolute atomic E-state index is 13.6. The van der Waals surface area contributed by atoms with Crippen LogP contribution in [0.15, 0.2) is 52.1 Å². The SMILES string of the molecule is CCc1ccccc1NC(=O)Cn1nc2n(C(C)C)c(=O)c3ccc(C(=O)NC4CCCC4)cc3n2c1=O. The van der Waals surface area contributed by atoms with E-state index < -0.39 is 11.6 Å². The standard InChI is InChI=1S/C28H32N6O4/c1-4-18-9-5-8-12-22(18)30-24(35)16-32-28(38)34-23-15-19(25(36)29-20-10-6-7-11-20)13-14-21(23)26(37)33(17(2)3)27(34)31-32/h5,8-9,12-15,17,20H,4,6-7,10-11,16H2,1-3H3,(H,29,36)(H,30,35). The molecule has 2 amide bonds. The summed E-state index contributed by atoms with van der Waals surface area (Å²) >= 11 is 0. The second kappa shape index (κ2) is 10.3. The molecule has 5 rings (SSSR count). The molecule has 4 aromatic rings. The van der Waals surface area contributed by atoms with Crippen molar-refractivity contribution in [3.63, 3.8) is 0 Å². The third-order valence-corrected chi connectivity index (χ3v) is 7.16. The smallest absolute Gasteiger partial charge is 0.349 e. The zero-order valence-corrected chi connectivity index (χ0v) is 21.9. The van der Waals surface area contributed by atoms with Gasteiger partial charge in [0.1, 0.15) is 6.54 Å². The molecule has 0 saturated heterocycles. The van der Waals surface area contributed by atoms with Crippen molar-refractivity contribution in [3.05, 3.63) is 74.4 Å². The average molecular weight is 517 g/mol. The Balaban J connectivity index is 1.58. The molecule has 2 aromatic heterocycles. The van der Waals surface area contributed by atoms with Gasteiger partial charge < -0.3 is 10.6 Å². The van der Waals surface area contributed by atoms with E-state index in [1.807, 2.05) is 45.0 Å². The highest BCUT2D eigenvalue weighted by Crippen LogP contribution is 2.20. The number of nitrogens with zero attached hydrogens (tertiary/aromatic N) is 4. The number of amides is 2. The van der Waals surface area contributed by atoms with Crippen LogP contribution in [0, 0.1) is 0 Å². The van der Waals surface area contributed by atoms with E-state index in [1.165, 1.54) is 8.97 Å². The molecule has 38 heavy (non-hydrogen) atoms. The van der Waals surface area contributed by atoms with Crippen molar-refractivity contribution in [1.29, 1.82) is 0 Å². The van der Waals surface area contributed by atoms with Gasteiger partial charge in [0.15, 0.2) is 0 Å². The van der Waals surface area contributed by atoms with Crippen LogP contribution < -0.4 is 21.9 Å². The van der Waals surface area contributed by atoms with Crippen LogP contribution in [-0.4, -0.2) is 36.6 Å². The number of rotatable bonds is 7. The van der Waals surface area contributed by atoms with Crippen molar-refractivity contribution in [1.82, 2.24) is 24.1 Å². The van der Waals surface area contributed by atoms with Gasteiger partial charge in [-0.25, -0.2) is 13.9 Å². The van der Waals surface area contributed by atoms with Gasteiger partial charge in [-0.15, -0.1) is 5.10 Å². The lowest BCUT2D eigenvalue weighted by atomic mass is 10.1. The summed E-state index contributed by atoms with van der Waals surface area (Å²) in [5, 5.41) is 10.6. The first-order valence-electron chi connectivity index (χ1n) is 13.1. The minimum absolute atomic E-state index is 0.123. The molecular weight excluding hydrogens is 484 g/mol. The van der Waals surface area contributed by atoms with Gasteiger partial charge >= 0.3 is 5.69 Å². The molecule has 2 N–H and O–H groups in total. The van der Waals surface area contributed by atoms with Gasteiger partial charge in [0.2, 0.25) is 11.7 Å². The summed E-state index contributed by atoms with van der Waals surface area (Å²) in [7, 11) is 0. The summed E-state index contributed by atoms with van der Waals surface area (Å²) in [6, 6.07) is 12.1. The van der Waals surface area contributed by atoms with Crippen LogP contribution in [0.1, 0.15) is 68.4 Å². The van der Waals surface area contributed by atoms with Crippen LogP contribution in [-0.2, 0) is 17.8 Å². The number of para-hydroxylation sites is 1. The number of nitrogens with one attached hydrogen (secondary N) is 2. The van der Waals surface area contributed by atoms with E-state index in [0.29, 0.717) is 16.6 Å². The molecule has 0 aliphatic heterocycles. The van der Waals surface area contributed by atoms with E-state index in [9.17, 15) is 19.2 Å². The Morgan fingerprint density at radius 3 is 2.53 bits per heavy atom. The van der Waals surface area contributed by atoms with Gasteiger partial charge in [-0.05, 0) is 62.9 Å². The highest BCUT2D eigenvalue weighted by molar-refractivity contribution is 5.98. The van der Waals surface area contributed by atoms with Gasteiger partial charge in [0.25, 0.3) is 11.5 Å². The van der Waals surface area contributed by atoms with Gasteiger partial charge in [0, 0.05) is 23.3 Å². The molecule has 198 valence electrons. The Bertz CT molecular complexity index is 1660. The maximum Gasteiger partial charge on any atom is 0.352 e. The van der Waals surface area contributed by atoms with Crippen molar-refractivity contribution >= 4 is 34.2 Å². The van der Waals surface area contributed by atoms with E-state index >= 15 is 0 Å². The van der Waals surface area contributed by atoms with Crippen LogP contribution in [0.25, 0.3) is 16.7 Å². The third-order valence-electron chi connectivity index (χ3n) is 7.16. The summed E-state index contributed by atoms with van der Waals surface area (Å²) in [6.45, 7) is 5.33. The highest BCUT2D eigenvalue weighted by Gasteiger charge is 2.23. The first kappa shape index (κ1) is 25.4. The lowest BCUT2D eigenvalue weighted by Gasteiger charge is -2.14. The fourth-order valence-corrected chi connectivity index (χ4v) is 5.21. The molecular formula is C28H32N6O4. The fraction of sp³-hybridized carbons (Fsp3) is 0.393. The summed E-state index contributed by atoms with van der Waals surface area (Å²) < 4.78 is 3.81. The molecule has 2 aromatic carbocycles. The summed E-state index contributed by atoms with van der Waals surface area (Å²) in [5.41, 5.74) is 1.43. The Morgan fingerprint density at radius 1 is 1.08 bits per heavy atom. The number of benzene rings is 2. The molecule has 0 unspecified atom stereocenters. The number of carbonyl (C=O) groups excluding carboxylic acids is 2. The monoisotopic (exact) mass is 516 g/mol. The number of anilines is 1. The van der Waals surface area contributed by atoms with Crippen molar-refractivity contribution < 1.29 is 9.59 Å². The van der Waals surface area contributed by atoms with Crippen molar-refractivity contribution in [2.75, 3.05) is 5.32 Å². The number of carbonyl (C=O) groups is 2. The van der Waals surface area contributed by atoms with Gasteiger partial charge in [-0.1, -0.05) is 38.0 Å². The van der Waals surface area contributed by atoms with E-state index in [2.05, 4.69) is 15.7 Å². The number of hydrogen-bond donors (Lipinski definition) is 2. The molecule has 2 heterocycles. The number of hydrogen-bond acceptors (Lipinski definition) is 5. The summed E-state index contributed by atoms with van der Waals surface area (Å²) in [6.07, 6.45) is 4.81. The molecule has 0 atom stereocenters. The molecule has 1 aliphatic carbocycles. The highest BCUT2D eigenvalue weighted by atomic mass is 16.2. The fourth-order valence-electron chi connectivity index (χ4n) is 5.21. The molecule has 1 aliphatic rings. The van der Waals surface area contributed by atoms with Crippen LogP contribution in [0.4, 0.5) is 5.69 Å². The zero-order valence-electron chi connectivity index (χ0n) is 21.9. The zero-order chi connectivity index (χ0) is 27.0. The van der Waals surface area contributed by atoms with Crippen molar-refractivity contribution in [2.24, 2.45) is 0 Å². The van der Waals surface area contributed by atoms with E-state index in [-0.39, 0.29) is 41.4 Å². The van der Waals surface area contributed by atoms with Crippen LogP contribution >= 0.6 is 0 Å². The average Bonchev–Trinajstić information content (AvgIpc) is 3.51. The van der Waals surface area contributed by atoms with Crippen LogP contribution in [0.2, 0.25) is 0 Å². The molecule has 0 spiro atoms. The Hall–Kier alpha value is -4.21. The summed E-state index contributed by atoms with van der Waals surface area (Å²) in [4.78, 5) is 52.8. The number of fused-ring (bicyclic) bond motifs is 3. The van der Waals surface area contributed by atoms with Gasteiger partial charge in [-0.3, -0.25) is 19.0 Å². The van der Waals surface area contributed by atoms with Crippen molar-refractivity contribution in [2.45, 2.75) is 71.5 Å². The Kier molecular flexibility index (Phi) is 6.88. The maximum atomic E-state index is 13.6. The topological polar surface area (TPSA) is 120 Å². The van der Waals surface area contributed by atoms with E-state index in [1.54, 1.807) is 18.2 Å². The van der Waals surface area contributed by atoms with Crippen molar-refractivity contribution in [3.8, 4) is 0 Å². The number of aromatic nitrogens is 4. The molecule has 0 radical (unpaired) electrons. The second-order valence-corrected chi connectivity index (χ2v) is 10.1. The minimum atomic E-state index is -0.563. The van der Waals surface area contributed by atoms with Crippen LogP contribution in [0.3, 0.4) is 0 Å².